The fourth-order valence-corrected chi connectivity index (χ4v) is 8.43. The first kappa shape index (κ1) is 27.6. The molecule has 2 unspecified atom stereocenters. The van der Waals surface area contributed by atoms with Gasteiger partial charge in [0.05, 0.1) is 0 Å². The Morgan fingerprint density at radius 1 is 1.00 bits per heavy atom. The van der Waals surface area contributed by atoms with Crippen LogP contribution in [0.25, 0.3) is 0 Å². The van der Waals surface area contributed by atoms with E-state index in [1.807, 2.05) is 12.1 Å². The number of ketones is 1. The molecule has 5 rings (SSSR count). The van der Waals surface area contributed by atoms with Gasteiger partial charge in [-0.3, -0.25) is 4.79 Å². The van der Waals surface area contributed by atoms with Gasteiger partial charge in [0.15, 0.2) is 5.78 Å². The minimum Gasteiger partial charge on any atom is -0.294 e. The second-order valence-electron chi connectivity index (χ2n) is 14.0. The Bertz CT molecular complexity index is 1080. The van der Waals surface area contributed by atoms with Crippen molar-refractivity contribution in [1.29, 1.82) is 0 Å². The molecule has 2 saturated carbocycles. The molecule has 0 N–H and O–H groups in total. The molecule has 4 aliphatic carbocycles. The van der Waals surface area contributed by atoms with Gasteiger partial charge in [-0.25, -0.2) is 4.39 Å². The fourth-order valence-electron chi connectivity index (χ4n) is 8.43. The number of benzene rings is 1. The highest BCUT2D eigenvalue weighted by Gasteiger charge is 2.43. The Hall–Kier alpha value is -1.96. The summed E-state index contributed by atoms with van der Waals surface area (Å²) in [5.74, 6) is 3.71. The van der Waals surface area contributed by atoms with Crippen LogP contribution in [-0.2, 0) is 11.2 Å². The van der Waals surface area contributed by atoms with Gasteiger partial charge < -0.3 is 0 Å². The summed E-state index contributed by atoms with van der Waals surface area (Å²) in [6.07, 6.45) is 19.7. The molecule has 0 aromatic heterocycles. The standard InChI is InChI=1S/C36H49FO/c1-24-9-8-12-28(19-26-10-6-5-7-11-26)29(17-24)18-25(2)33-23-36(3,4)34-22-35(38)30(21-32(33)34)20-27-13-15-31(37)16-14-27/h13-16,21,24,26,28-29,33H,2,5-12,17-20,22-23H2,1,3-4H3/t24-,28+,29?,33?/m0/s1. The number of hydrogen-bond donors (Lipinski definition) is 0. The second kappa shape index (κ2) is 11.6. The van der Waals surface area contributed by atoms with Crippen molar-refractivity contribution in [2.45, 2.75) is 111 Å². The van der Waals surface area contributed by atoms with Gasteiger partial charge in [-0.05, 0) is 78.0 Å². The smallest absolute Gasteiger partial charge is 0.163 e. The number of carbonyl (C=O) groups excluding carboxylic acids is 1. The van der Waals surface area contributed by atoms with Crippen molar-refractivity contribution in [3.63, 3.8) is 0 Å². The second-order valence-corrected chi connectivity index (χ2v) is 14.0. The van der Waals surface area contributed by atoms with Gasteiger partial charge in [-0.15, -0.1) is 0 Å². The fraction of sp³-hybridized carbons (Fsp3) is 0.639. The maximum Gasteiger partial charge on any atom is 0.163 e. The predicted molar refractivity (Wildman–Crippen MR) is 156 cm³/mol. The number of hydrogen-bond acceptors (Lipinski definition) is 1. The van der Waals surface area contributed by atoms with Gasteiger partial charge >= 0.3 is 0 Å². The first-order chi connectivity index (χ1) is 18.2. The van der Waals surface area contributed by atoms with E-state index in [4.69, 9.17) is 6.58 Å². The Morgan fingerprint density at radius 3 is 2.47 bits per heavy atom. The van der Waals surface area contributed by atoms with Crippen molar-refractivity contribution in [1.82, 2.24) is 0 Å². The average molecular weight is 517 g/mol. The average Bonchev–Trinajstić information content (AvgIpc) is 3.02. The van der Waals surface area contributed by atoms with E-state index < -0.39 is 0 Å². The van der Waals surface area contributed by atoms with E-state index in [9.17, 15) is 9.18 Å². The van der Waals surface area contributed by atoms with Crippen molar-refractivity contribution in [3.8, 4) is 0 Å². The van der Waals surface area contributed by atoms with E-state index in [0.717, 1.165) is 47.6 Å². The molecular weight excluding hydrogens is 467 g/mol. The van der Waals surface area contributed by atoms with E-state index in [1.165, 1.54) is 93.1 Å². The molecule has 0 heterocycles. The van der Waals surface area contributed by atoms with Crippen molar-refractivity contribution in [3.05, 3.63) is 70.6 Å². The molecule has 0 spiro atoms. The van der Waals surface area contributed by atoms with Crippen molar-refractivity contribution >= 4 is 5.78 Å². The molecule has 1 aromatic rings. The van der Waals surface area contributed by atoms with Crippen LogP contribution in [0.1, 0.15) is 110 Å². The molecule has 0 bridgehead atoms. The summed E-state index contributed by atoms with van der Waals surface area (Å²) >= 11 is 0. The maximum absolute atomic E-state index is 13.4. The Balaban J connectivity index is 1.35. The van der Waals surface area contributed by atoms with Crippen LogP contribution in [0.4, 0.5) is 4.39 Å². The van der Waals surface area contributed by atoms with Crippen molar-refractivity contribution < 1.29 is 9.18 Å². The number of Topliss-reactive ketones (excluding diaryl/α,β-unsaturated/α-hetero) is 1. The molecule has 0 amide bonds. The van der Waals surface area contributed by atoms with E-state index >= 15 is 0 Å². The first-order valence-corrected chi connectivity index (χ1v) is 15.6. The molecule has 38 heavy (non-hydrogen) atoms. The zero-order chi connectivity index (χ0) is 26.9. The Kier molecular flexibility index (Phi) is 8.46. The molecule has 0 radical (unpaired) electrons. The van der Waals surface area contributed by atoms with E-state index in [1.54, 1.807) is 0 Å². The summed E-state index contributed by atoms with van der Waals surface area (Å²) in [5.41, 5.74) is 6.04. The summed E-state index contributed by atoms with van der Waals surface area (Å²) in [6, 6.07) is 6.60. The molecule has 1 aromatic carbocycles. The first-order valence-electron chi connectivity index (χ1n) is 15.6. The molecule has 0 aliphatic heterocycles. The van der Waals surface area contributed by atoms with Gasteiger partial charge in [0.1, 0.15) is 5.82 Å². The van der Waals surface area contributed by atoms with Crippen LogP contribution in [0, 0.1) is 40.8 Å². The highest BCUT2D eigenvalue weighted by molar-refractivity contribution is 5.99. The van der Waals surface area contributed by atoms with Crippen LogP contribution in [0.15, 0.2) is 59.2 Å². The van der Waals surface area contributed by atoms with Crippen LogP contribution in [0.3, 0.4) is 0 Å². The number of halogens is 1. The van der Waals surface area contributed by atoms with Crippen molar-refractivity contribution in [2.24, 2.45) is 35.0 Å². The SMILES string of the molecule is C=C(CC1C[C@@H](C)CCC[C@@H]1CC1CCCCC1)C1CC(C)(C)C2=C1C=C(Cc1ccc(F)cc1)C(=O)C2. The van der Waals surface area contributed by atoms with Gasteiger partial charge in [0, 0.05) is 24.3 Å². The molecule has 4 aliphatic rings. The predicted octanol–water partition coefficient (Wildman–Crippen LogP) is 9.97. The third-order valence-electron chi connectivity index (χ3n) is 10.6. The minimum atomic E-state index is -0.230. The third kappa shape index (κ3) is 6.26. The molecule has 1 nitrogen and oxygen atoms in total. The molecule has 0 saturated heterocycles. The van der Waals surface area contributed by atoms with Crippen LogP contribution in [-0.4, -0.2) is 5.78 Å². The zero-order valence-corrected chi connectivity index (χ0v) is 24.2. The van der Waals surface area contributed by atoms with Crippen LogP contribution < -0.4 is 0 Å². The summed E-state index contributed by atoms with van der Waals surface area (Å²) in [5, 5.41) is 0. The van der Waals surface area contributed by atoms with E-state index in [0.29, 0.717) is 18.8 Å². The van der Waals surface area contributed by atoms with Crippen LogP contribution in [0.2, 0.25) is 0 Å². The van der Waals surface area contributed by atoms with Crippen molar-refractivity contribution in [2.75, 3.05) is 0 Å². The van der Waals surface area contributed by atoms with E-state index in [-0.39, 0.29) is 17.0 Å². The summed E-state index contributed by atoms with van der Waals surface area (Å²) in [6.45, 7) is 11.9. The maximum atomic E-state index is 13.4. The van der Waals surface area contributed by atoms with Crippen LogP contribution in [0.5, 0.6) is 0 Å². The number of carbonyl (C=O) groups is 1. The lowest BCUT2D eigenvalue weighted by Gasteiger charge is -2.33. The summed E-state index contributed by atoms with van der Waals surface area (Å²) < 4.78 is 13.4. The minimum absolute atomic E-state index is 0.0365. The quantitative estimate of drug-likeness (QED) is 0.260. The molecule has 206 valence electrons. The molecule has 2 fully saturated rings. The lowest BCUT2D eigenvalue weighted by Crippen LogP contribution is -2.22. The lowest BCUT2D eigenvalue weighted by atomic mass is 9.72. The lowest BCUT2D eigenvalue weighted by molar-refractivity contribution is -0.115. The molecular formula is C36H49FO. The van der Waals surface area contributed by atoms with Gasteiger partial charge in [0.25, 0.3) is 0 Å². The Morgan fingerprint density at radius 2 is 1.74 bits per heavy atom. The normalized spacial score (nSPS) is 30.1. The highest BCUT2D eigenvalue weighted by atomic mass is 19.1. The van der Waals surface area contributed by atoms with Gasteiger partial charge in [-0.1, -0.05) is 108 Å². The van der Waals surface area contributed by atoms with Gasteiger partial charge in [0.2, 0.25) is 0 Å². The number of allylic oxidation sites excluding steroid dienone is 5. The van der Waals surface area contributed by atoms with E-state index in [2.05, 4.69) is 26.8 Å². The summed E-state index contributed by atoms with van der Waals surface area (Å²) in [7, 11) is 0. The number of rotatable bonds is 7. The monoisotopic (exact) mass is 516 g/mol. The zero-order valence-electron chi connectivity index (χ0n) is 24.2. The summed E-state index contributed by atoms with van der Waals surface area (Å²) in [4.78, 5) is 13.2. The topological polar surface area (TPSA) is 17.1 Å². The Labute approximate surface area is 231 Å². The van der Waals surface area contributed by atoms with Gasteiger partial charge in [-0.2, -0.15) is 0 Å². The largest absolute Gasteiger partial charge is 0.294 e. The molecule has 2 heteroatoms. The highest BCUT2D eigenvalue weighted by Crippen LogP contribution is 2.54. The third-order valence-corrected chi connectivity index (χ3v) is 10.6. The van der Waals surface area contributed by atoms with Crippen LogP contribution >= 0.6 is 0 Å². The molecule has 4 atom stereocenters.